The standard InChI is InChI=1S/C18H21N3O3/c1-13(2)17(18(23)24-3)20-16(22)10-9-14-11-19-21(12-14)15-7-5-4-6-8-15/h4-13,17H,1-3H3,(H,20,22)/b10-9+/t17-/m0/s1. The number of methoxy groups -OCH3 is 1. The quantitative estimate of drug-likeness (QED) is 0.652. The lowest BCUT2D eigenvalue weighted by molar-refractivity contribution is -0.145. The SMILES string of the molecule is COC(=O)[C@@H](NC(=O)/C=C/c1cnn(-c2ccccc2)c1)C(C)C. The van der Waals surface area contributed by atoms with E-state index in [1.807, 2.05) is 50.4 Å². The van der Waals surface area contributed by atoms with Crippen molar-refractivity contribution in [3.05, 3.63) is 54.4 Å². The predicted octanol–water partition coefficient (Wildman–Crippen LogP) is 2.20. The van der Waals surface area contributed by atoms with Gasteiger partial charge in [-0.05, 0) is 24.1 Å². The second-order valence-electron chi connectivity index (χ2n) is 5.64. The molecule has 0 aliphatic carbocycles. The number of rotatable bonds is 6. The number of hydrogen-bond donors (Lipinski definition) is 1. The number of esters is 1. The third kappa shape index (κ3) is 4.55. The summed E-state index contributed by atoms with van der Waals surface area (Å²) in [6.45, 7) is 3.69. The summed E-state index contributed by atoms with van der Waals surface area (Å²) in [6.07, 6.45) is 6.51. The topological polar surface area (TPSA) is 73.2 Å². The van der Waals surface area contributed by atoms with Gasteiger partial charge in [-0.25, -0.2) is 9.48 Å². The fourth-order valence-electron chi connectivity index (χ4n) is 2.14. The Kier molecular flexibility index (Phi) is 5.89. The number of ether oxygens (including phenoxy) is 1. The van der Waals surface area contributed by atoms with Crippen LogP contribution in [0, 0.1) is 5.92 Å². The highest BCUT2D eigenvalue weighted by molar-refractivity contribution is 5.94. The maximum absolute atomic E-state index is 12.0. The summed E-state index contributed by atoms with van der Waals surface area (Å²) in [6, 6.07) is 9.01. The zero-order valence-electron chi connectivity index (χ0n) is 14.0. The van der Waals surface area contributed by atoms with Gasteiger partial charge in [-0.1, -0.05) is 32.0 Å². The van der Waals surface area contributed by atoms with Gasteiger partial charge in [0.2, 0.25) is 5.91 Å². The first-order chi connectivity index (χ1) is 11.5. The van der Waals surface area contributed by atoms with E-state index >= 15 is 0 Å². The van der Waals surface area contributed by atoms with E-state index in [4.69, 9.17) is 4.74 Å². The molecule has 6 heteroatoms. The van der Waals surface area contributed by atoms with Gasteiger partial charge < -0.3 is 10.1 Å². The van der Waals surface area contributed by atoms with Gasteiger partial charge in [0.05, 0.1) is 19.0 Å². The largest absolute Gasteiger partial charge is 0.467 e. The molecule has 0 saturated carbocycles. The Morgan fingerprint density at radius 2 is 1.96 bits per heavy atom. The normalized spacial score (nSPS) is 12.3. The van der Waals surface area contributed by atoms with Gasteiger partial charge in [0.25, 0.3) is 0 Å². The summed E-state index contributed by atoms with van der Waals surface area (Å²) in [5, 5.41) is 6.90. The van der Waals surface area contributed by atoms with Crippen LogP contribution in [-0.4, -0.2) is 34.8 Å². The third-order valence-electron chi connectivity index (χ3n) is 3.47. The first-order valence-electron chi connectivity index (χ1n) is 7.67. The zero-order chi connectivity index (χ0) is 17.5. The maximum atomic E-state index is 12.0. The Bertz CT molecular complexity index is 720. The Morgan fingerprint density at radius 1 is 1.25 bits per heavy atom. The molecule has 1 amide bonds. The summed E-state index contributed by atoms with van der Waals surface area (Å²) >= 11 is 0. The number of para-hydroxylation sites is 1. The van der Waals surface area contributed by atoms with Gasteiger partial charge in [0.1, 0.15) is 6.04 Å². The summed E-state index contributed by atoms with van der Waals surface area (Å²) < 4.78 is 6.42. The molecule has 0 fully saturated rings. The van der Waals surface area contributed by atoms with Gasteiger partial charge in [-0.3, -0.25) is 4.79 Å². The molecule has 0 unspecified atom stereocenters. The van der Waals surface area contributed by atoms with Crippen molar-refractivity contribution < 1.29 is 14.3 Å². The van der Waals surface area contributed by atoms with Crippen LogP contribution in [0.25, 0.3) is 11.8 Å². The minimum atomic E-state index is -0.667. The van der Waals surface area contributed by atoms with Gasteiger partial charge in [-0.2, -0.15) is 5.10 Å². The van der Waals surface area contributed by atoms with Crippen LogP contribution >= 0.6 is 0 Å². The van der Waals surface area contributed by atoms with Crippen LogP contribution in [0.15, 0.2) is 48.8 Å². The van der Waals surface area contributed by atoms with Crippen molar-refractivity contribution in [2.45, 2.75) is 19.9 Å². The average Bonchev–Trinajstić information content (AvgIpc) is 3.06. The van der Waals surface area contributed by atoms with Crippen LogP contribution < -0.4 is 5.32 Å². The molecular weight excluding hydrogens is 306 g/mol. The highest BCUT2D eigenvalue weighted by atomic mass is 16.5. The van der Waals surface area contributed by atoms with E-state index in [0.29, 0.717) is 0 Å². The molecule has 1 aromatic carbocycles. The molecule has 0 aliphatic rings. The van der Waals surface area contributed by atoms with Crippen LogP contribution in [0.4, 0.5) is 0 Å². The molecule has 126 valence electrons. The molecule has 2 aromatic rings. The number of carbonyl (C=O) groups excluding carboxylic acids is 2. The number of nitrogens with one attached hydrogen (secondary N) is 1. The van der Waals surface area contributed by atoms with Crippen molar-refractivity contribution in [1.29, 1.82) is 0 Å². The molecular formula is C18H21N3O3. The molecule has 0 spiro atoms. The number of benzene rings is 1. The van der Waals surface area contributed by atoms with E-state index in [-0.39, 0.29) is 11.8 Å². The minimum absolute atomic E-state index is 0.0596. The Labute approximate surface area is 141 Å². The van der Waals surface area contributed by atoms with E-state index in [2.05, 4.69) is 10.4 Å². The minimum Gasteiger partial charge on any atom is -0.467 e. The van der Waals surface area contributed by atoms with Crippen molar-refractivity contribution >= 4 is 18.0 Å². The molecule has 0 radical (unpaired) electrons. The number of aromatic nitrogens is 2. The van der Waals surface area contributed by atoms with Crippen molar-refractivity contribution in [2.75, 3.05) is 7.11 Å². The molecule has 1 atom stereocenters. The number of amides is 1. The summed E-state index contributed by atoms with van der Waals surface area (Å²) in [5.74, 6) is -0.870. The van der Waals surface area contributed by atoms with Gasteiger partial charge in [-0.15, -0.1) is 0 Å². The van der Waals surface area contributed by atoms with Gasteiger partial charge >= 0.3 is 5.97 Å². The second kappa shape index (κ2) is 8.10. The van der Waals surface area contributed by atoms with E-state index < -0.39 is 12.0 Å². The fourth-order valence-corrected chi connectivity index (χ4v) is 2.14. The van der Waals surface area contributed by atoms with Crippen molar-refractivity contribution in [3.63, 3.8) is 0 Å². The molecule has 2 rings (SSSR count). The van der Waals surface area contributed by atoms with Gasteiger partial charge in [0, 0.05) is 17.8 Å². The zero-order valence-corrected chi connectivity index (χ0v) is 14.0. The Hall–Kier alpha value is -2.89. The monoisotopic (exact) mass is 327 g/mol. The van der Waals surface area contributed by atoms with Crippen LogP contribution in [0.2, 0.25) is 0 Å². The van der Waals surface area contributed by atoms with Crippen molar-refractivity contribution in [2.24, 2.45) is 5.92 Å². The molecule has 0 bridgehead atoms. The van der Waals surface area contributed by atoms with Gasteiger partial charge in [0.15, 0.2) is 0 Å². The number of carbonyl (C=O) groups is 2. The first kappa shape index (κ1) is 17.5. The van der Waals surface area contributed by atoms with E-state index in [1.54, 1.807) is 17.0 Å². The average molecular weight is 327 g/mol. The lowest BCUT2D eigenvalue weighted by atomic mass is 10.0. The van der Waals surface area contributed by atoms with E-state index in [0.717, 1.165) is 11.3 Å². The smallest absolute Gasteiger partial charge is 0.328 e. The molecule has 1 aromatic heterocycles. The molecule has 0 saturated heterocycles. The van der Waals surface area contributed by atoms with Crippen LogP contribution in [0.1, 0.15) is 19.4 Å². The second-order valence-corrected chi connectivity index (χ2v) is 5.64. The molecule has 0 aliphatic heterocycles. The summed E-state index contributed by atoms with van der Waals surface area (Å²) in [7, 11) is 1.30. The van der Waals surface area contributed by atoms with Crippen LogP contribution in [0.3, 0.4) is 0 Å². The van der Waals surface area contributed by atoms with Crippen LogP contribution in [0.5, 0.6) is 0 Å². The lowest BCUT2D eigenvalue weighted by Gasteiger charge is -2.18. The molecule has 6 nitrogen and oxygen atoms in total. The number of nitrogens with zero attached hydrogens (tertiary/aromatic N) is 2. The molecule has 24 heavy (non-hydrogen) atoms. The number of hydrogen-bond acceptors (Lipinski definition) is 4. The van der Waals surface area contributed by atoms with E-state index in [9.17, 15) is 9.59 Å². The lowest BCUT2D eigenvalue weighted by Crippen LogP contribution is -2.44. The Balaban J connectivity index is 2.01. The van der Waals surface area contributed by atoms with Crippen molar-refractivity contribution in [3.8, 4) is 5.69 Å². The maximum Gasteiger partial charge on any atom is 0.328 e. The predicted molar refractivity (Wildman–Crippen MR) is 91.4 cm³/mol. The summed E-state index contributed by atoms with van der Waals surface area (Å²) in [4.78, 5) is 23.6. The molecule has 1 N–H and O–H groups in total. The molecule has 1 heterocycles. The highest BCUT2D eigenvalue weighted by Crippen LogP contribution is 2.09. The van der Waals surface area contributed by atoms with Crippen molar-refractivity contribution in [1.82, 2.24) is 15.1 Å². The van der Waals surface area contributed by atoms with E-state index in [1.165, 1.54) is 13.2 Å². The third-order valence-corrected chi connectivity index (χ3v) is 3.47. The summed E-state index contributed by atoms with van der Waals surface area (Å²) in [5.41, 5.74) is 1.72. The highest BCUT2D eigenvalue weighted by Gasteiger charge is 2.23. The fraction of sp³-hybridized carbons (Fsp3) is 0.278. The van der Waals surface area contributed by atoms with Crippen LogP contribution in [-0.2, 0) is 14.3 Å². The Morgan fingerprint density at radius 3 is 2.58 bits per heavy atom. The first-order valence-corrected chi connectivity index (χ1v) is 7.67.